The third kappa shape index (κ3) is 42.0. The fraction of sp³-hybridized carbons (Fsp3) is 0.350. The Morgan fingerprint density at radius 1 is 0.565 bits per heavy atom. The number of ether oxygens (including phenoxy) is 6. The first-order valence-corrected chi connectivity index (χ1v) is 25.6. The number of rotatable bonds is 21. The SMILES string of the molecule is C.CC(=O)Oc1ccccc1C(=O)NCCCO.CC(=O)Oc1ccccc1C(=O)O.CC(=O)Oc1ccccc1C(=O)OC(=O)C(C)(C)C.CC/C=C\CC(=O)Cl.CC/C=C\CC(=O)OCCCNC(=O)c1ccccc1OC(C)=O.F.I.[H-].[HH].[K+]. The van der Waals surface area contributed by atoms with E-state index >= 15 is 0 Å². The number of aliphatic hydroxyl groups excluding tert-OH is 1. The number of hydrogen-bond donors (Lipinski definition) is 4. The van der Waals surface area contributed by atoms with Crippen LogP contribution in [0.3, 0.4) is 0 Å². The van der Waals surface area contributed by atoms with Gasteiger partial charge in [-0.15, -0.1) is 24.0 Å². The van der Waals surface area contributed by atoms with E-state index in [2.05, 4.69) is 15.4 Å². The van der Waals surface area contributed by atoms with Crippen molar-refractivity contribution in [1.82, 2.24) is 10.6 Å². The normalized spacial score (nSPS) is 9.68. The van der Waals surface area contributed by atoms with Crippen molar-refractivity contribution in [3.05, 3.63) is 144 Å². The van der Waals surface area contributed by atoms with E-state index in [0.29, 0.717) is 37.9 Å². The van der Waals surface area contributed by atoms with Crippen LogP contribution >= 0.6 is 35.6 Å². The summed E-state index contributed by atoms with van der Waals surface area (Å²) >= 11 is 5.02. The molecule has 0 fully saturated rings. The van der Waals surface area contributed by atoms with Gasteiger partial charge >= 0.3 is 99.1 Å². The van der Waals surface area contributed by atoms with E-state index in [-0.39, 0.29) is 173 Å². The van der Waals surface area contributed by atoms with E-state index in [1.54, 1.807) is 106 Å². The van der Waals surface area contributed by atoms with Crippen molar-refractivity contribution in [2.24, 2.45) is 5.41 Å². The van der Waals surface area contributed by atoms with Crippen LogP contribution in [-0.2, 0) is 43.0 Å². The van der Waals surface area contributed by atoms with Crippen LogP contribution in [0.15, 0.2) is 121 Å². The number of nitrogens with one attached hydrogen (secondary N) is 2. The molecule has 0 aliphatic heterocycles. The van der Waals surface area contributed by atoms with E-state index < -0.39 is 47.2 Å². The summed E-state index contributed by atoms with van der Waals surface area (Å²) in [5.41, 5.74) is -0.172. The molecule has 0 saturated carbocycles. The van der Waals surface area contributed by atoms with E-state index in [1.807, 2.05) is 26.0 Å². The minimum absolute atomic E-state index is 0. The number of aromatic carboxylic acids is 1. The van der Waals surface area contributed by atoms with Crippen molar-refractivity contribution >= 4 is 100 Å². The number of carbonyl (C=O) groups excluding carboxylic acids is 10. The second-order valence-electron chi connectivity index (χ2n) is 17.3. The Morgan fingerprint density at radius 2 is 0.906 bits per heavy atom. The number of benzene rings is 4. The zero-order valence-electron chi connectivity index (χ0n) is 49.6. The Kier molecular flexibility index (Phi) is 52.1. The Bertz CT molecular complexity index is 2820. The number of carbonyl (C=O) groups is 11. The standard InChI is InChI=1S/C18H23NO5.C14H16O5.C12H15NO4.C9H8O4.C6H9ClO.CH4.FH.HI.K.H2.H/c1-3-4-5-11-17(21)23-13-8-12-19-18(22)15-9-6-7-10-16(15)24-14(2)20;1-9(15)18-11-8-6-5-7-10(11)12(16)19-13(17)14(2,3)4;1-9(15)17-11-6-3-2-5-10(11)12(16)13-7-4-8-14;1-6(10)13-8-5-3-2-4-7(8)9(11)12;1-2-3-4-5-6(7)8;;;;;;/h4-7,9-10H,3,8,11-13H2,1-2H3,(H,19,22);5-8H,1-4H3;2-3,5-6,14H,4,7-8H2,1H3,(H,13,16);2-5H,1H3,(H,11,12);3-4H,2,5H2,1H3;1H4;2*1H;;1H;/q;;;;;;;;+1;;-1/b5-4-;;;;4-3-;;;;;;. The van der Waals surface area contributed by atoms with Crippen molar-refractivity contribution in [2.75, 3.05) is 26.3 Å². The van der Waals surface area contributed by atoms with Gasteiger partial charge in [0, 0.05) is 55.2 Å². The monoisotopic (exact) mass is 1350 g/mol. The molecule has 0 aromatic heterocycles. The molecule has 2 amide bonds. The fourth-order valence-electron chi connectivity index (χ4n) is 5.53. The number of carboxylic acid groups (broad SMARTS) is 1. The van der Waals surface area contributed by atoms with Crippen LogP contribution in [0.25, 0.3) is 0 Å². The van der Waals surface area contributed by atoms with Crippen molar-refractivity contribution in [2.45, 2.75) is 108 Å². The van der Waals surface area contributed by atoms with Gasteiger partial charge in [0.2, 0.25) is 5.24 Å². The molecule has 0 spiro atoms. The van der Waals surface area contributed by atoms with Gasteiger partial charge in [0.15, 0.2) is 0 Å². The van der Waals surface area contributed by atoms with Crippen LogP contribution in [-0.4, -0.2) is 101 Å². The van der Waals surface area contributed by atoms with E-state index in [1.165, 1.54) is 52.0 Å². The first-order valence-electron chi connectivity index (χ1n) is 25.2. The van der Waals surface area contributed by atoms with Gasteiger partial charge in [-0.2, -0.15) is 0 Å². The second-order valence-corrected chi connectivity index (χ2v) is 17.7. The van der Waals surface area contributed by atoms with Crippen LogP contribution in [0.2, 0.25) is 0 Å². The first-order chi connectivity index (χ1) is 38.3. The average molecular weight is 1350 g/mol. The van der Waals surface area contributed by atoms with Crippen molar-refractivity contribution in [1.29, 1.82) is 0 Å². The maximum Gasteiger partial charge on any atom is 1.00 e. The number of hydrogen-bond acceptors (Lipinski definition) is 18. The number of carboxylic acids is 1. The first kappa shape index (κ1) is 87.3. The number of aliphatic hydroxyl groups is 1. The van der Waals surface area contributed by atoms with Crippen LogP contribution < -0.4 is 81.0 Å². The number of amides is 2. The topological polar surface area (TPSA) is 308 Å². The molecule has 85 heavy (non-hydrogen) atoms. The number of esters is 7. The smallest absolute Gasteiger partial charge is 1.00 e. The maximum atomic E-state index is 12.1. The molecule has 0 aliphatic carbocycles. The molecule has 0 saturated heterocycles. The maximum absolute atomic E-state index is 12.1. The molecule has 21 nitrogen and oxygen atoms in total. The Balaban J connectivity index is -0.000000187. The quantitative estimate of drug-likeness (QED) is 0.00900. The van der Waals surface area contributed by atoms with Crippen LogP contribution in [0, 0.1) is 5.41 Å². The second kappa shape index (κ2) is 50.8. The molecule has 4 N–H and O–H groups in total. The van der Waals surface area contributed by atoms with Gasteiger partial charge in [-0.25, -0.2) is 9.59 Å². The van der Waals surface area contributed by atoms with Crippen LogP contribution in [0.4, 0.5) is 4.70 Å². The minimum atomic E-state index is -1.11. The average Bonchev–Trinajstić information content (AvgIpc) is 3.52. The molecule has 0 bridgehead atoms. The Hall–Kier alpha value is -6.52. The van der Waals surface area contributed by atoms with Gasteiger partial charge in [-0.05, 0) is 107 Å². The third-order valence-electron chi connectivity index (χ3n) is 9.16. The molecular weight excluding hydrogens is 1270 g/mol. The molecule has 466 valence electrons. The number of halogens is 3. The molecule has 4 aromatic carbocycles. The summed E-state index contributed by atoms with van der Waals surface area (Å²) in [6.45, 7) is 14.9. The summed E-state index contributed by atoms with van der Waals surface area (Å²) in [6, 6.07) is 25.1. The van der Waals surface area contributed by atoms with Crippen molar-refractivity contribution in [3.8, 4) is 23.0 Å². The third-order valence-corrected chi connectivity index (χ3v) is 9.31. The Labute approximate surface area is 563 Å². The summed E-state index contributed by atoms with van der Waals surface area (Å²) in [7, 11) is 0. The fourth-order valence-corrected chi connectivity index (χ4v) is 5.62. The number of para-hydroxylation sites is 4. The molecule has 0 aliphatic rings. The molecule has 0 radical (unpaired) electrons. The number of allylic oxidation sites excluding steroid dienone is 3. The molecule has 0 atom stereocenters. The van der Waals surface area contributed by atoms with Crippen molar-refractivity contribution < 1.29 is 150 Å². The molecule has 4 aromatic rings. The summed E-state index contributed by atoms with van der Waals surface area (Å²) in [4.78, 5) is 123. The minimum Gasteiger partial charge on any atom is -1.00 e. The largest absolute Gasteiger partial charge is 1.00 e. The van der Waals surface area contributed by atoms with Gasteiger partial charge < -0.3 is 50.7 Å². The summed E-state index contributed by atoms with van der Waals surface area (Å²) in [5, 5.41) is 22.3. The van der Waals surface area contributed by atoms with Crippen LogP contribution in [0.1, 0.15) is 153 Å². The van der Waals surface area contributed by atoms with E-state index in [0.717, 1.165) is 12.8 Å². The van der Waals surface area contributed by atoms with Crippen molar-refractivity contribution in [3.63, 3.8) is 0 Å². The predicted octanol–water partition coefficient (Wildman–Crippen LogP) is 7.88. The van der Waals surface area contributed by atoms with E-state index in [9.17, 15) is 52.7 Å². The van der Waals surface area contributed by atoms with Gasteiger partial charge in [0.05, 0.1) is 29.6 Å². The zero-order chi connectivity index (χ0) is 61.3. The summed E-state index contributed by atoms with van der Waals surface area (Å²) in [5.74, 6) is -4.99. The van der Waals surface area contributed by atoms with Gasteiger partial charge in [-0.3, -0.25) is 47.9 Å². The van der Waals surface area contributed by atoms with Gasteiger partial charge in [0.1, 0.15) is 34.1 Å². The molecule has 4 rings (SSSR count). The summed E-state index contributed by atoms with van der Waals surface area (Å²) in [6.07, 6.45) is 10.8. The van der Waals surface area contributed by atoms with Crippen LogP contribution in [0.5, 0.6) is 23.0 Å². The summed E-state index contributed by atoms with van der Waals surface area (Å²) < 4.78 is 29.3. The van der Waals surface area contributed by atoms with Gasteiger partial charge in [0.25, 0.3) is 11.8 Å². The molecule has 0 heterocycles. The van der Waals surface area contributed by atoms with E-state index in [4.69, 9.17) is 45.5 Å². The Morgan fingerprint density at radius 3 is 1.26 bits per heavy atom. The van der Waals surface area contributed by atoms with Gasteiger partial charge in [-0.1, -0.05) is 94.1 Å². The molecule has 25 heteroatoms. The predicted molar refractivity (Wildman–Crippen MR) is 327 cm³/mol. The zero-order valence-corrected chi connectivity index (χ0v) is 54.9. The molecule has 0 unspecified atom stereocenters. The molecular formula is C60H80ClFIKN2O19.